The van der Waals surface area contributed by atoms with Gasteiger partial charge in [-0.1, -0.05) is 0 Å². The van der Waals surface area contributed by atoms with Crippen LogP contribution in [0.2, 0.25) is 0 Å². The second-order valence-corrected chi connectivity index (χ2v) is 4.12. The number of nitrogens with two attached hydrogens (primary N) is 2. The van der Waals surface area contributed by atoms with E-state index in [1.807, 2.05) is 0 Å². The van der Waals surface area contributed by atoms with E-state index in [1.165, 1.54) is 13.2 Å². The van der Waals surface area contributed by atoms with Crippen molar-refractivity contribution in [1.82, 2.24) is 0 Å². The van der Waals surface area contributed by atoms with Gasteiger partial charge in [0.25, 0.3) is 5.69 Å². The number of nitrogens with zero attached hydrogens (tertiary/aromatic N) is 1. The third-order valence-corrected chi connectivity index (χ3v) is 2.72. The molecule has 0 atom stereocenters. The maximum Gasteiger partial charge on any atom is 0.296 e. The van der Waals surface area contributed by atoms with Gasteiger partial charge in [0.1, 0.15) is 5.75 Å². The summed E-state index contributed by atoms with van der Waals surface area (Å²) in [5, 5.41) is 14.0. The molecule has 0 spiro atoms. The Hall–Kier alpha value is -2.06. The number of unbranched alkanes of at least 4 members (excludes halogenated alkanes) is 1. The molecule has 0 fully saturated rings. The maximum absolute atomic E-state index is 11.2. The lowest BCUT2D eigenvalue weighted by molar-refractivity contribution is -0.384. The number of nitrogens with one attached hydrogen (secondary N) is 1. The summed E-state index contributed by atoms with van der Waals surface area (Å²) >= 11 is 0. The van der Waals surface area contributed by atoms with E-state index in [9.17, 15) is 14.9 Å². The molecule has 0 heterocycles. The minimum absolute atomic E-state index is 0. The second kappa shape index (κ2) is 8.98. The van der Waals surface area contributed by atoms with Crippen LogP contribution in [-0.2, 0) is 0 Å². The summed E-state index contributed by atoms with van der Waals surface area (Å²) in [6, 6.07) is 2.51. The zero-order valence-corrected chi connectivity index (χ0v) is 12.4. The molecule has 0 bridgehead atoms. The van der Waals surface area contributed by atoms with Crippen molar-refractivity contribution in [2.75, 3.05) is 25.5 Å². The number of benzene rings is 1. The fraction of sp³-hybridized carbons (Fsp3) is 0.417. The fourth-order valence-electron chi connectivity index (χ4n) is 1.71. The molecule has 0 saturated heterocycles. The van der Waals surface area contributed by atoms with E-state index in [0.29, 0.717) is 13.1 Å². The van der Waals surface area contributed by atoms with Crippen molar-refractivity contribution in [3.63, 3.8) is 0 Å². The molecule has 0 saturated carbocycles. The molecule has 5 N–H and O–H groups in total. The van der Waals surface area contributed by atoms with Gasteiger partial charge in [-0.25, -0.2) is 0 Å². The molecular weight excluding hydrogens is 300 g/mol. The minimum atomic E-state index is -0.749. The van der Waals surface area contributed by atoms with Crippen LogP contribution < -0.4 is 21.5 Å². The minimum Gasteiger partial charge on any atom is -0.494 e. The Labute approximate surface area is 128 Å². The number of ether oxygens (including phenoxy) is 1. The molecule has 8 nitrogen and oxygen atoms in total. The van der Waals surface area contributed by atoms with E-state index >= 15 is 0 Å². The number of nitro benzene ring substituents is 1. The number of carbonyl (C=O) groups excluding carboxylic acids is 1. The maximum atomic E-state index is 11.2. The summed E-state index contributed by atoms with van der Waals surface area (Å²) in [5.41, 5.74) is 10.5. The average molecular weight is 319 g/mol. The molecule has 0 radical (unpaired) electrons. The van der Waals surface area contributed by atoms with Crippen LogP contribution in [0.15, 0.2) is 12.1 Å². The lowest BCUT2D eigenvalue weighted by Gasteiger charge is -2.12. The summed E-state index contributed by atoms with van der Waals surface area (Å²) in [5.74, 6) is -0.540. The first-order chi connectivity index (χ1) is 9.51. The molecule has 1 aromatic rings. The topological polar surface area (TPSA) is 134 Å². The van der Waals surface area contributed by atoms with E-state index in [-0.39, 0.29) is 35.1 Å². The Morgan fingerprint density at radius 3 is 2.57 bits per heavy atom. The van der Waals surface area contributed by atoms with Gasteiger partial charge < -0.3 is 21.5 Å². The lowest BCUT2D eigenvalue weighted by Crippen LogP contribution is -2.13. The number of nitro groups is 1. The van der Waals surface area contributed by atoms with E-state index < -0.39 is 10.8 Å². The monoisotopic (exact) mass is 318 g/mol. The number of carbonyl (C=O) groups is 1. The standard InChI is InChI=1S/C12H18N4O4.ClH/c1-20-10-7-8(12(14)17)6-9(16(18)19)11(10)15-5-3-2-4-13;/h6-7,15H,2-5,13H2,1H3,(H2,14,17);1H. The van der Waals surface area contributed by atoms with Crippen LogP contribution in [0, 0.1) is 10.1 Å². The number of primary amides is 1. The molecule has 0 aliphatic carbocycles. The Kier molecular flexibility index (Phi) is 8.10. The van der Waals surface area contributed by atoms with Gasteiger partial charge in [0.05, 0.1) is 12.0 Å². The van der Waals surface area contributed by atoms with Crippen LogP contribution >= 0.6 is 12.4 Å². The molecule has 21 heavy (non-hydrogen) atoms. The number of methoxy groups -OCH3 is 1. The molecular formula is C12H19ClN4O4. The van der Waals surface area contributed by atoms with Crippen LogP contribution in [0.4, 0.5) is 11.4 Å². The summed E-state index contributed by atoms with van der Waals surface area (Å²) in [6.07, 6.45) is 1.58. The Bertz CT molecular complexity index is 510. The molecule has 1 rings (SSSR count). The van der Waals surface area contributed by atoms with Crippen molar-refractivity contribution >= 4 is 29.7 Å². The van der Waals surface area contributed by atoms with Gasteiger partial charge >= 0.3 is 0 Å². The largest absolute Gasteiger partial charge is 0.494 e. The number of hydrogen-bond acceptors (Lipinski definition) is 6. The van der Waals surface area contributed by atoms with Crippen molar-refractivity contribution in [2.45, 2.75) is 12.8 Å². The van der Waals surface area contributed by atoms with Crippen molar-refractivity contribution in [1.29, 1.82) is 0 Å². The molecule has 1 amide bonds. The predicted molar refractivity (Wildman–Crippen MR) is 82.2 cm³/mol. The first kappa shape index (κ1) is 18.9. The van der Waals surface area contributed by atoms with E-state index in [2.05, 4.69) is 5.32 Å². The Balaban J connectivity index is 0.00000400. The molecule has 0 unspecified atom stereocenters. The van der Waals surface area contributed by atoms with Crippen molar-refractivity contribution in [3.8, 4) is 5.75 Å². The number of anilines is 1. The quantitative estimate of drug-likeness (QED) is 0.375. The van der Waals surface area contributed by atoms with Gasteiger partial charge in [-0.2, -0.15) is 0 Å². The highest BCUT2D eigenvalue weighted by molar-refractivity contribution is 5.95. The van der Waals surface area contributed by atoms with Crippen molar-refractivity contribution in [2.24, 2.45) is 11.5 Å². The summed E-state index contributed by atoms with van der Waals surface area (Å²) in [4.78, 5) is 21.7. The highest BCUT2D eigenvalue weighted by Crippen LogP contribution is 2.35. The van der Waals surface area contributed by atoms with Crippen molar-refractivity contribution in [3.05, 3.63) is 27.8 Å². The first-order valence-corrected chi connectivity index (χ1v) is 6.11. The summed E-state index contributed by atoms with van der Waals surface area (Å²) in [7, 11) is 1.37. The highest BCUT2D eigenvalue weighted by Gasteiger charge is 2.21. The third-order valence-electron chi connectivity index (χ3n) is 2.72. The molecule has 1 aromatic carbocycles. The molecule has 0 aliphatic rings. The zero-order chi connectivity index (χ0) is 15.1. The highest BCUT2D eigenvalue weighted by atomic mass is 35.5. The second-order valence-electron chi connectivity index (χ2n) is 4.12. The van der Waals surface area contributed by atoms with Crippen LogP contribution in [0.25, 0.3) is 0 Å². The summed E-state index contributed by atoms with van der Waals surface area (Å²) in [6.45, 7) is 1.08. The van der Waals surface area contributed by atoms with E-state index in [1.54, 1.807) is 0 Å². The van der Waals surface area contributed by atoms with E-state index in [0.717, 1.165) is 18.9 Å². The van der Waals surface area contributed by atoms with Gasteiger partial charge in [0.15, 0.2) is 5.69 Å². The molecule has 9 heteroatoms. The number of amides is 1. The van der Waals surface area contributed by atoms with Crippen molar-refractivity contribution < 1.29 is 14.5 Å². The number of halogens is 1. The fourth-order valence-corrected chi connectivity index (χ4v) is 1.71. The van der Waals surface area contributed by atoms with Crippen LogP contribution in [0.5, 0.6) is 5.75 Å². The molecule has 0 aliphatic heterocycles. The molecule has 0 aromatic heterocycles. The first-order valence-electron chi connectivity index (χ1n) is 6.11. The van der Waals surface area contributed by atoms with E-state index in [4.69, 9.17) is 16.2 Å². The smallest absolute Gasteiger partial charge is 0.296 e. The number of rotatable bonds is 8. The average Bonchev–Trinajstić information content (AvgIpc) is 2.42. The van der Waals surface area contributed by atoms with Gasteiger partial charge in [-0.15, -0.1) is 12.4 Å². The third kappa shape index (κ3) is 5.09. The van der Waals surface area contributed by atoms with Gasteiger partial charge in [-0.05, 0) is 25.5 Å². The van der Waals surface area contributed by atoms with Gasteiger partial charge in [0, 0.05) is 18.2 Å². The SMILES string of the molecule is COc1cc(C(N)=O)cc([N+](=O)[O-])c1NCCCCN.Cl. The predicted octanol–water partition coefficient (Wildman–Crippen LogP) is 1.27. The van der Waals surface area contributed by atoms with Crippen LogP contribution in [0.3, 0.4) is 0 Å². The van der Waals surface area contributed by atoms with Gasteiger partial charge in [0.2, 0.25) is 5.91 Å². The lowest BCUT2D eigenvalue weighted by atomic mass is 10.1. The molecule has 118 valence electrons. The Morgan fingerprint density at radius 1 is 1.43 bits per heavy atom. The zero-order valence-electron chi connectivity index (χ0n) is 11.6. The normalized spacial score (nSPS) is 9.62. The summed E-state index contributed by atoms with van der Waals surface area (Å²) < 4.78 is 5.08. The number of hydrogen-bond donors (Lipinski definition) is 3. The van der Waals surface area contributed by atoms with Gasteiger partial charge in [-0.3, -0.25) is 14.9 Å². The van der Waals surface area contributed by atoms with Crippen LogP contribution in [0.1, 0.15) is 23.2 Å². The van der Waals surface area contributed by atoms with Crippen LogP contribution in [-0.4, -0.2) is 31.0 Å². The Morgan fingerprint density at radius 2 is 2.10 bits per heavy atom.